The SMILES string of the molecule is CCCCCCC[C@H](CC)NCCOS(=O)(O)=S. The largest absolute Gasteiger partial charge is 0.312 e. The van der Waals surface area contributed by atoms with Crippen LogP contribution in [-0.2, 0) is 24.4 Å². The van der Waals surface area contributed by atoms with Crippen LogP contribution in [0.3, 0.4) is 0 Å². The lowest BCUT2D eigenvalue weighted by molar-refractivity contribution is 0.291. The topological polar surface area (TPSA) is 58.6 Å². The average Bonchev–Trinajstić information content (AvgIpc) is 2.30. The Morgan fingerprint density at radius 2 is 1.94 bits per heavy atom. The summed E-state index contributed by atoms with van der Waals surface area (Å²) >= 11 is 4.24. The molecule has 2 atom stereocenters. The highest BCUT2D eigenvalue weighted by Gasteiger charge is 2.06. The van der Waals surface area contributed by atoms with Crippen molar-refractivity contribution in [2.75, 3.05) is 13.2 Å². The van der Waals surface area contributed by atoms with Crippen LogP contribution in [0.5, 0.6) is 0 Å². The Morgan fingerprint density at radius 3 is 2.50 bits per heavy atom. The van der Waals surface area contributed by atoms with Gasteiger partial charge in [0.1, 0.15) is 0 Å². The number of rotatable bonds is 12. The number of unbranched alkanes of at least 4 members (excludes halogenated alkanes) is 4. The summed E-state index contributed by atoms with van der Waals surface area (Å²) in [4.78, 5) is 0. The minimum Gasteiger partial charge on any atom is -0.312 e. The molecule has 4 nitrogen and oxygen atoms in total. The van der Waals surface area contributed by atoms with E-state index in [4.69, 9.17) is 4.55 Å². The van der Waals surface area contributed by atoms with Crippen LogP contribution < -0.4 is 5.32 Å². The first-order chi connectivity index (χ1) is 8.49. The van der Waals surface area contributed by atoms with Gasteiger partial charge in [0, 0.05) is 23.8 Å². The molecule has 0 saturated carbocycles. The van der Waals surface area contributed by atoms with Crippen LogP contribution in [0.4, 0.5) is 0 Å². The molecule has 0 saturated heterocycles. The van der Waals surface area contributed by atoms with Gasteiger partial charge in [0.2, 0.25) is 0 Å². The van der Waals surface area contributed by atoms with Crippen molar-refractivity contribution in [1.82, 2.24) is 5.32 Å². The fourth-order valence-corrected chi connectivity index (χ4v) is 2.35. The maximum atomic E-state index is 10.7. The lowest BCUT2D eigenvalue weighted by Gasteiger charge is -2.16. The Kier molecular flexibility index (Phi) is 11.3. The van der Waals surface area contributed by atoms with Gasteiger partial charge in [-0.25, -0.2) is 0 Å². The van der Waals surface area contributed by atoms with Crippen molar-refractivity contribution in [3.8, 4) is 0 Å². The summed E-state index contributed by atoms with van der Waals surface area (Å²) in [6.07, 6.45) is 8.66. The molecule has 0 spiro atoms. The number of nitrogens with one attached hydrogen (secondary N) is 1. The molecule has 0 aliphatic heterocycles. The van der Waals surface area contributed by atoms with Gasteiger partial charge in [-0.05, 0) is 12.8 Å². The third kappa shape index (κ3) is 12.7. The van der Waals surface area contributed by atoms with Crippen molar-refractivity contribution >= 4 is 20.2 Å². The van der Waals surface area contributed by atoms with E-state index in [0.29, 0.717) is 12.6 Å². The molecule has 0 fully saturated rings. The van der Waals surface area contributed by atoms with Crippen LogP contribution in [0.25, 0.3) is 0 Å². The molecular weight excluding hydrogens is 270 g/mol. The zero-order valence-corrected chi connectivity index (χ0v) is 13.2. The fourth-order valence-electron chi connectivity index (χ4n) is 1.85. The van der Waals surface area contributed by atoms with Crippen LogP contribution in [0.2, 0.25) is 0 Å². The van der Waals surface area contributed by atoms with E-state index >= 15 is 0 Å². The van der Waals surface area contributed by atoms with Gasteiger partial charge >= 0.3 is 0 Å². The Hall–Kier alpha value is 0.250. The second kappa shape index (κ2) is 11.1. The minimum absolute atomic E-state index is 0.186. The summed E-state index contributed by atoms with van der Waals surface area (Å²) in [5.74, 6) is 0. The van der Waals surface area contributed by atoms with E-state index in [1.54, 1.807) is 0 Å². The number of hydrogen-bond acceptors (Lipinski definition) is 4. The fraction of sp³-hybridized carbons (Fsp3) is 1.00. The summed E-state index contributed by atoms with van der Waals surface area (Å²) < 4.78 is 24.1. The minimum atomic E-state index is -3.46. The summed E-state index contributed by atoms with van der Waals surface area (Å²) in [5.41, 5.74) is 0. The molecule has 0 aromatic rings. The van der Waals surface area contributed by atoms with Crippen LogP contribution in [0.1, 0.15) is 58.8 Å². The molecule has 0 rings (SSSR count). The smallest absolute Gasteiger partial charge is 0.266 e. The van der Waals surface area contributed by atoms with Gasteiger partial charge < -0.3 is 5.32 Å². The van der Waals surface area contributed by atoms with Crippen molar-refractivity contribution in [3.63, 3.8) is 0 Å². The van der Waals surface area contributed by atoms with Crippen molar-refractivity contribution in [1.29, 1.82) is 0 Å². The first-order valence-electron chi connectivity index (χ1n) is 6.84. The van der Waals surface area contributed by atoms with Gasteiger partial charge in [-0.3, -0.25) is 8.74 Å². The quantitative estimate of drug-likeness (QED) is 0.542. The van der Waals surface area contributed by atoms with Gasteiger partial charge in [0.25, 0.3) is 9.05 Å². The first kappa shape index (κ1) is 18.2. The second-order valence-corrected chi connectivity index (χ2v) is 6.87. The Labute approximate surface area is 117 Å². The zero-order valence-electron chi connectivity index (χ0n) is 11.5. The molecule has 6 heteroatoms. The molecule has 0 aliphatic rings. The lowest BCUT2D eigenvalue weighted by Crippen LogP contribution is -2.31. The molecule has 0 radical (unpaired) electrons. The molecule has 0 aromatic heterocycles. The molecule has 1 unspecified atom stereocenters. The normalized spacial score (nSPS) is 16.4. The predicted molar refractivity (Wildman–Crippen MR) is 79.5 cm³/mol. The second-order valence-electron chi connectivity index (χ2n) is 4.51. The molecule has 2 N–H and O–H groups in total. The summed E-state index contributed by atoms with van der Waals surface area (Å²) in [5, 5.41) is 3.32. The highest BCUT2D eigenvalue weighted by atomic mass is 32.9. The zero-order chi connectivity index (χ0) is 13.9. The van der Waals surface area contributed by atoms with E-state index < -0.39 is 9.05 Å². The van der Waals surface area contributed by atoms with Crippen molar-refractivity contribution in [2.24, 2.45) is 0 Å². The van der Waals surface area contributed by atoms with E-state index in [1.165, 1.54) is 32.1 Å². The van der Waals surface area contributed by atoms with Gasteiger partial charge in [-0.15, -0.1) is 0 Å². The third-order valence-corrected chi connectivity index (χ3v) is 3.67. The van der Waals surface area contributed by atoms with E-state index in [-0.39, 0.29) is 6.61 Å². The molecule has 0 bridgehead atoms. The Morgan fingerprint density at radius 1 is 1.28 bits per heavy atom. The van der Waals surface area contributed by atoms with Gasteiger partial charge in [0.15, 0.2) is 0 Å². The van der Waals surface area contributed by atoms with E-state index in [1.807, 2.05) is 0 Å². The van der Waals surface area contributed by atoms with Gasteiger partial charge in [-0.1, -0.05) is 46.0 Å². The average molecular weight is 297 g/mol. The highest BCUT2D eigenvalue weighted by Crippen LogP contribution is 2.08. The molecular formula is C12H27NO3S2. The van der Waals surface area contributed by atoms with Gasteiger partial charge in [0.05, 0.1) is 6.61 Å². The van der Waals surface area contributed by atoms with Crippen molar-refractivity contribution < 1.29 is 12.9 Å². The molecule has 18 heavy (non-hydrogen) atoms. The van der Waals surface area contributed by atoms with E-state index in [0.717, 1.165) is 12.8 Å². The summed E-state index contributed by atoms with van der Waals surface area (Å²) in [6.45, 7) is 5.12. The van der Waals surface area contributed by atoms with Crippen LogP contribution >= 0.6 is 0 Å². The van der Waals surface area contributed by atoms with Crippen molar-refractivity contribution in [3.05, 3.63) is 0 Å². The highest BCUT2D eigenvalue weighted by molar-refractivity contribution is 8.27. The molecule has 0 amide bonds. The summed E-state index contributed by atoms with van der Waals surface area (Å²) in [6, 6.07) is 0.468. The standard InChI is InChI=1S/C12H27NO3S2/c1-3-5-6-7-8-9-12(4-2)13-10-11-16-18(14,15)17/h12-13H,3-11H2,1-2H3,(H,14,15,17)/t12-/m0/s1. The number of hydrogen-bond donors (Lipinski definition) is 2. The molecule has 110 valence electrons. The van der Waals surface area contributed by atoms with Crippen molar-refractivity contribution in [2.45, 2.75) is 64.8 Å². The molecule has 0 heterocycles. The van der Waals surface area contributed by atoms with E-state index in [9.17, 15) is 4.21 Å². The Bertz CT molecular complexity index is 281. The molecule has 0 aromatic carbocycles. The lowest BCUT2D eigenvalue weighted by atomic mass is 10.0. The van der Waals surface area contributed by atoms with E-state index in [2.05, 4.69) is 34.5 Å². The van der Waals surface area contributed by atoms with Crippen LogP contribution in [-0.4, -0.2) is 28.0 Å². The maximum absolute atomic E-state index is 10.7. The third-order valence-electron chi connectivity index (χ3n) is 2.92. The first-order valence-corrected chi connectivity index (χ1v) is 9.21. The maximum Gasteiger partial charge on any atom is 0.266 e. The monoisotopic (exact) mass is 297 g/mol. The van der Waals surface area contributed by atoms with Crippen LogP contribution in [0, 0.1) is 0 Å². The molecule has 0 aliphatic carbocycles. The predicted octanol–water partition coefficient (Wildman–Crippen LogP) is 2.87. The van der Waals surface area contributed by atoms with Crippen LogP contribution in [0.15, 0.2) is 0 Å². The summed E-state index contributed by atoms with van der Waals surface area (Å²) in [7, 11) is -3.46. The van der Waals surface area contributed by atoms with Gasteiger partial charge in [-0.2, -0.15) is 4.21 Å². The Balaban J connectivity index is 3.52.